The van der Waals surface area contributed by atoms with E-state index in [1.54, 1.807) is 6.07 Å². The lowest BCUT2D eigenvalue weighted by molar-refractivity contribution is 0.424. The highest BCUT2D eigenvalue weighted by Crippen LogP contribution is 2.25. The SMILES string of the molecule is CCC(C)CC(CNCC(C)C)c1cccc(F)c1. The number of rotatable bonds is 8. The molecule has 108 valence electrons. The van der Waals surface area contributed by atoms with Crippen LogP contribution in [0.2, 0.25) is 0 Å². The van der Waals surface area contributed by atoms with Gasteiger partial charge in [0.25, 0.3) is 0 Å². The van der Waals surface area contributed by atoms with Gasteiger partial charge in [0.1, 0.15) is 5.82 Å². The number of benzene rings is 1. The minimum Gasteiger partial charge on any atom is -0.316 e. The molecule has 2 unspecified atom stereocenters. The summed E-state index contributed by atoms with van der Waals surface area (Å²) in [5.74, 6) is 1.60. The first-order valence-electron chi connectivity index (χ1n) is 7.49. The van der Waals surface area contributed by atoms with E-state index in [1.807, 2.05) is 12.1 Å². The molecular formula is C17H28FN. The highest BCUT2D eigenvalue weighted by atomic mass is 19.1. The minimum absolute atomic E-state index is 0.129. The summed E-state index contributed by atoms with van der Waals surface area (Å²) in [6, 6.07) is 7.07. The molecule has 1 aromatic rings. The summed E-state index contributed by atoms with van der Waals surface area (Å²) in [6.07, 6.45) is 2.29. The topological polar surface area (TPSA) is 12.0 Å². The van der Waals surface area contributed by atoms with E-state index in [4.69, 9.17) is 0 Å². The standard InChI is InChI=1S/C17H28FN/c1-5-14(4)9-16(12-19-11-13(2)3)15-7-6-8-17(18)10-15/h6-8,10,13-14,16,19H,5,9,11-12H2,1-4H3. The van der Waals surface area contributed by atoms with Gasteiger partial charge in [-0.3, -0.25) is 0 Å². The van der Waals surface area contributed by atoms with Crippen LogP contribution < -0.4 is 5.32 Å². The third kappa shape index (κ3) is 6.20. The lowest BCUT2D eigenvalue weighted by atomic mass is 9.88. The van der Waals surface area contributed by atoms with E-state index in [2.05, 4.69) is 33.0 Å². The second-order valence-corrected chi connectivity index (χ2v) is 6.05. The number of hydrogen-bond acceptors (Lipinski definition) is 1. The molecule has 0 aliphatic carbocycles. The van der Waals surface area contributed by atoms with Gasteiger partial charge in [0, 0.05) is 6.54 Å². The minimum atomic E-state index is -0.129. The largest absolute Gasteiger partial charge is 0.316 e. The van der Waals surface area contributed by atoms with Crippen molar-refractivity contribution in [3.8, 4) is 0 Å². The average Bonchev–Trinajstić information content (AvgIpc) is 2.37. The second kappa shape index (κ2) is 8.31. The second-order valence-electron chi connectivity index (χ2n) is 6.05. The Morgan fingerprint density at radius 1 is 1.16 bits per heavy atom. The molecule has 0 bridgehead atoms. The van der Waals surface area contributed by atoms with Gasteiger partial charge < -0.3 is 5.32 Å². The van der Waals surface area contributed by atoms with Crippen LogP contribution >= 0.6 is 0 Å². The molecule has 0 saturated heterocycles. The van der Waals surface area contributed by atoms with Crippen molar-refractivity contribution >= 4 is 0 Å². The van der Waals surface area contributed by atoms with Crippen LogP contribution in [-0.2, 0) is 0 Å². The van der Waals surface area contributed by atoms with Gasteiger partial charge in [-0.2, -0.15) is 0 Å². The number of halogens is 1. The summed E-state index contributed by atoms with van der Waals surface area (Å²) in [7, 11) is 0. The summed E-state index contributed by atoms with van der Waals surface area (Å²) in [5, 5.41) is 3.51. The Labute approximate surface area is 117 Å². The van der Waals surface area contributed by atoms with Crippen molar-refractivity contribution in [1.29, 1.82) is 0 Å². The maximum absolute atomic E-state index is 13.4. The first-order chi connectivity index (χ1) is 9.02. The van der Waals surface area contributed by atoms with Gasteiger partial charge in [-0.15, -0.1) is 0 Å². The van der Waals surface area contributed by atoms with E-state index < -0.39 is 0 Å². The monoisotopic (exact) mass is 265 g/mol. The molecule has 19 heavy (non-hydrogen) atoms. The van der Waals surface area contributed by atoms with Gasteiger partial charge in [-0.1, -0.05) is 46.2 Å². The lowest BCUT2D eigenvalue weighted by Crippen LogP contribution is -2.26. The first kappa shape index (κ1) is 16.2. The summed E-state index contributed by atoms with van der Waals surface area (Å²) in [4.78, 5) is 0. The molecule has 2 atom stereocenters. The zero-order chi connectivity index (χ0) is 14.3. The van der Waals surface area contributed by atoms with Crippen LogP contribution in [-0.4, -0.2) is 13.1 Å². The highest BCUT2D eigenvalue weighted by molar-refractivity contribution is 5.21. The Morgan fingerprint density at radius 3 is 2.47 bits per heavy atom. The van der Waals surface area contributed by atoms with E-state index in [-0.39, 0.29) is 5.82 Å². The van der Waals surface area contributed by atoms with E-state index in [0.29, 0.717) is 17.8 Å². The van der Waals surface area contributed by atoms with Crippen molar-refractivity contribution in [3.63, 3.8) is 0 Å². The molecule has 2 heteroatoms. The van der Waals surface area contributed by atoms with Crippen LogP contribution in [0.25, 0.3) is 0 Å². The van der Waals surface area contributed by atoms with Gasteiger partial charge in [-0.05, 0) is 48.4 Å². The summed E-state index contributed by atoms with van der Waals surface area (Å²) < 4.78 is 13.4. The van der Waals surface area contributed by atoms with E-state index >= 15 is 0 Å². The van der Waals surface area contributed by atoms with Crippen molar-refractivity contribution in [2.75, 3.05) is 13.1 Å². The van der Waals surface area contributed by atoms with E-state index in [9.17, 15) is 4.39 Å². The molecule has 0 fully saturated rings. The van der Waals surface area contributed by atoms with Crippen LogP contribution in [0, 0.1) is 17.7 Å². The summed E-state index contributed by atoms with van der Waals surface area (Å²) >= 11 is 0. The van der Waals surface area contributed by atoms with Crippen molar-refractivity contribution < 1.29 is 4.39 Å². The normalized spacial score (nSPS) is 14.6. The molecule has 0 aliphatic rings. The first-order valence-corrected chi connectivity index (χ1v) is 7.49. The molecule has 1 N–H and O–H groups in total. The molecule has 0 saturated carbocycles. The molecule has 1 aromatic carbocycles. The third-order valence-corrected chi connectivity index (χ3v) is 3.65. The Bertz CT molecular complexity index is 362. The zero-order valence-corrected chi connectivity index (χ0v) is 12.7. The summed E-state index contributed by atoms with van der Waals surface area (Å²) in [5.41, 5.74) is 1.12. The van der Waals surface area contributed by atoms with Gasteiger partial charge in [0.05, 0.1) is 0 Å². The van der Waals surface area contributed by atoms with Gasteiger partial charge >= 0.3 is 0 Å². The van der Waals surface area contributed by atoms with Crippen LogP contribution in [0.1, 0.15) is 52.0 Å². The predicted octanol–water partition coefficient (Wildman–Crippen LogP) is 4.59. The molecular weight excluding hydrogens is 237 g/mol. The molecule has 0 spiro atoms. The molecule has 0 aliphatic heterocycles. The van der Waals surface area contributed by atoms with Crippen molar-refractivity contribution in [1.82, 2.24) is 5.32 Å². The Hall–Kier alpha value is -0.890. The number of hydrogen-bond donors (Lipinski definition) is 1. The average molecular weight is 265 g/mol. The third-order valence-electron chi connectivity index (χ3n) is 3.65. The molecule has 0 amide bonds. The van der Waals surface area contributed by atoms with Crippen LogP contribution in [0.3, 0.4) is 0 Å². The fraction of sp³-hybridized carbons (Fsp3) is 0.647. The van der Waals surface area contributed by atoms with Crippen LogP contribution in [0.15, 0.2) is 24.3 Å². The summed E-state index contributed by atoms with van der Waals surface area (Å²) in [6.45, 7) is 10.9. The maximum atomic E-state index is 13.4. The molecule has 1 nitrogen and oxygen atoms in total. The molecule has 0 heterocycles. The van der Waals surface area contributed by atoms with Crippen molar-refractivity contribution in [2.24, 2.45) is 11.8 Å². The fourth-order valence-corrected chi connectivity index (χ4v) is 2.30. The zero-order valence-electron chi connectivity index (χ0n) is 12.7. The van der Waals surface area contributed by atoms with E-state index in [0.717, 1.165) is 25.1 Å². The quantitative estimate of drug-likeness (QED) is 0.725. The predicted molar refractivity (Wildman–Crippen MR) is 80.9 cm³/mol. The van der Waals surface area contributed by atoms with Gasteiger partial charge in [0.2, 0.25) is 0 Å². The molecule has 0 radical (unpaired) electrons. The number of nitrogens with one attached hydrogen (secondary N) is 1. The molecule has 1 rings (SSSR count). The Kier molecular flexibility index (Phi) is 7.07. The van der Waals surface area contributed by atoms with Gasteiger partial charge in [0.15, 0.2) is 0 Å². The lowest BCUT2D eigenvalue weighted by Gasteiger charge is -2.22. The van der Waals surface area contributed by atoms with Crippen LogP contribution in [0.4, 0.5) is 4.39 Å². The highest BCUT2D eigenvalue weighted by Gasteiger charge is 2.15. The van der Waals surface area contributed by atoms with Crippen molar-refractivity contribution in [3.05, 3.63) is 35.6 Å². The van der Waals surface area contributed by atoms with E-state index in [1.165, 1.54) is 12.5 Å². The fourth-order valence-electron chi connectivity index (χ4n) is 2.30. The smallest absolute Gasteiger partial charge is 0.123 e. The van der Waals surface area contributed by atoms with Gasteiger partial charge in [-0.25, -0.2) is 4.39 Å². The maximum Gasteiger partial charge on any atom is 0.123 e. The molecule has 0 aromatic heterocycles. The Balaban J connectivity index is 2.68. The Morgan fingerprint density at radius 2 is 1.89 bits per heavy atom. The van der Waals surface area contributed by atoms with Crippen LogP contribution in [0.5, 0.6) is 0 Å². The van der Waals surface area contributed by atoms with Crippen molar-refractivity contribution in [2.45, 2.75) is 46.5 Å².